The number of nitriles is 1. The van der Waals surface area contributed by atoms with Crippen LogP contribution in [0.2, 0.25) is 0 Å². The van der Waals surface area contributed by atoms with Crippen molar-refractivity contribution in [3.8, 4) is 6.07 Å². The molecule has 24 heavy (non-hydrogen) atoms. The number of aromatic amines is 1. The van der Waals surface area contributed by atoms with Gasteiger partial charge in [-0.1, -0.05) is 29.5 Å². The molecule has 0 saturated heterocycles. The first-order valence-electron chi connectivity index (χ1n) is 7.70. The maximum atomic E-state index is 8.69. The van der Waals surface area contributed by atoms with Crippen molar-refractivity contribution in [2.24, 2.45) is 0 Å². The van der Waals surface area contributed by atoms with Crippen molar-refractivity contribution >= 4 is 22.9 Å². The zero-order valence-corrected chi connectivity index (χ0v) is 14.4. The number of aryl methyl sites for hydroxylation is 3. The van der Waals surface area contributed by atoms with Crippen LogP contribution in [-0.2, 0) is 6.54 Å². The second-order valence-electron chi connectivity index (χ2n) is 5.66. The Kier molecular flexibility index (Phi) is 4.67. The van der Waals surface area contributed by atoms with Crippen LogP contribution < -0.4 is 5.49 Å². The van der Waals surface area contributed by atoms with E-state index in [0.29, 0.717) is 24.1 Å². The minimum Gasteiger partial charge on any atom is -0.328 e. The van der Waals surface area contributed by atoms with Gasteiger partial charge in [-0.25, -0.2) is 9.97 Å². The summed E-state index contributed by atoms with van der Waals surface area (Å²) < 4.78 is 1.90. The molecule has 0 unspecified atom stereocenters. The topological polar surface area (TPSA) is 94.1 Å². The van der Waals surface area contributed by atoms with Crippen molar-refractivity contribution in [1.29, 1.82) is 10.7 Å². The van der Waals surface area contributed by atoms with Gasteiger partial charge in [0.15, 0.2) is 16.3 Å². The lowest BCUT2D eigenvalue weighted by atomic mass is 10.2. The summed E-state index contributed by atoms with van der Waals surface area (Å²) in [6.07, 6.45) is 2.85. The van der Waals surface area contributed by atoms with E-state index < -0.39 is 0 Å². The van der Waals surface area contributed by atoms with E-state index in [1.165, 1.54) is 11.1 Å². The molecule has 6 nitrogen and oxygen atoms in total. The number of unbranched alkanes of at least 4 members (excludes halogenated alkanes) is 1. The van der Waals surface area contributed by atoms with Gasteiger partial charge in [0.1, 0.15) is 5.52 Å². The predicted octanol–water partition coefficient (Wildman–Crippen LogP) is 3.31. The number of rotatable bonds is 5. The standard InChI is InChI=1S/C17H18N6S/c1-11-5-6-13(12(2)9-11)24-17-21-14-15(19)20-10-23(16(14)22-17)8-4-3-7-18/h5-6,9-10,19H,3-4,8H2,1-2H3,(H,21,22). The van der Waals surface area contributed by atoms with Crippen molar-refractivity contribution in [2.75, 3.05) is 0 Å². The summed E-state index contributed by atoms with van der Waals surface area (Å²) in [5.41, 5.74) is 3.95. The van der Waals surface area contributed by atoms with Crippen LogP contribution in [0.1, 0.15) is 24.0 Å². The van der Waals surface area contributed by atoms with Gasteiger partial charge in [0.05, 0.1) is 12.4 Å². The molecule has 2 aromatic heterocycles. The molecule has 2 N–H and O–H groups in total. The zero-order chi connectivity index (χ0) is 17.1. The van der Waals surface area contributed by atoms with E-state index in [2.05, 4.69) is 53.1 Å². The minimum atomic E-state index is 0.182. The SMILES string of the molecule is Cc1ccc(Sc2nc3c([nH]2)c(=N)ncn3CCCC#N)c(C)c1. The molecule has 122 valence electrons. The molecule has 0 spiro atoms. The lowest BCUT2D eigenvalue weighted by molar-refractivity contribution is 0.651. The second-order valence-corrected chi connectivity index (χ2v) is 6.69. The molecular weight excluding hydrogens is 320 g/mol. The summed E-state index contributed by atoms with van der Waals surface area (Å²) in [5.74, 6) is 0. The number of hydrogen-bond acceptors (Lipinski definition) is 5. The lowest BCUT2D eigenvalue weighted by Gasteiger charge is -2.04. The number of nitrogens with zero attached hydrogens (tertiary/aromatic N) is 4. The number of nitrogens with one attached hydrogen (secondary N) is 2. The normalized spacial score (nSPS) is 10.9. The quantitative estimate of drug-likeness (QED) is 0.698. The highest BCUT2D eigenvalue weighted by molar-refractivity contribution is 7.99. The Morgan fingerprint density at radius 1 is 1.38 bits per heavy atom. The molecule has 0 atom stereocenters. The molecule has 7 heteroatoms. The monoisotopic (exact) mass is 338 g/mol. The summed E-state index contributed by atoms with van der Waals surface area (Å²) >= 11 is 1.55. The summed E-state index contributed by atoms with van der Waals surface area (Å²) in [4.78, 5) is 13.1. The van der Waals surface area contributed by atoms with Crippen LogP contribution >= 0.6 is 11.8 Å². The molecule has 0 saturated carbocycles. The Hall–Kier alpha value is -2.59. The Labute approximate surface area is 144 Å². The number of H-pyrrole nitrogens is 1. The van der Waals surface area contributed by atoms with Gasteiger partial charge in [0.25, 0.3) is 0 Å². The molecule has 0 amide bonds. The Balaban J connectivity index is 1.95. The molecule has 3 aromatic rings. The molecule has 0 radical (unpaired) electrons. The maximum absolute atomic E-state index is 8.69. The van der Waals surface area contributed by atoms with E-state index in [-0.39, 0.29) is 5.49 Å². The highest BCUT2D eigenvalue weighted by Crippen LogP contribution is 2.29. The first-order valence-corrected chi connectivity index (χ1v) is 8.52. The lowest BCUT2D eigenvalue weighted by Crippen LogP contribution is -2.12. The summed E-state index contributed by atoms with van der Waals surface area (Å²) in [7, 11) is 0. The van der Waals surface area contributed by atoms with Crippen LogP contribution in [0.15, 0.2) is 34.6 Å². The Morgan fingerprint density at radius 3 is 2.96 bits per heavy atom. The van der Waals surface area contributed by atoms with E-state index in [1.807, 2.05) is 4.57 Å². The van der Waals surface area contributed by atoms with Gasteiger partial charge in [-0.05, 0) is 31.9 Å². The fourth-order valence-corrected chi connectivity index (χ4v) is 3.37. The average molecular weight is 338 g/mol. The van der Waals surface area contributed by atoms with Gasteiger partial charge in [-0.2, -0.15) is 5.26 Å². The van der Waals surface area contributed by atoms with E-state index in [0.717, 1.165) is 16.5 Å². The third kappa shape index (κ3) is 3.34. The molecule has 0 aliphatic heterocycles. The molecule has 1 aromatic carbocycles. The van der Waals surface area contributed by atoms with Gasteiger partial charge in [-0.15, -0.1) is 0 Å². The van der Waals surface area contributed by atoms with Gasteiger partial charge in [-0.3, -0.25) is 5.41 Å². The molecule has 0 fully saturated rings. The van der Waals surface area contributed by atoms with Gasteiger partial charge < -0.3 is 9.55 Å². The van der Waals surface area contributed by atoms with Crippen LogP contribution in [-0.4, -0.2) is 19.5 Å². The summed E-state index contributed by atoms with van der Waals surface area (Å²) in [6.45, 7) is 4.82. The first-order chi connectivity index (χ1) is 11.6. The third-order valence-corrected chi connectivity index (χ3v) is 4.79. The highest BCUT2D eigenvalue weighted by Gasteiger charge is 2.11. The largest absolute Gasteiger partial charge is 0.328 e. The molecule has 2 heterocycles. The van der Waals surface area contributed by atoms with E-state index in [9.17, 15) is 0 Å². The average Bonchev–Trinajstić information content (AvgIpc) is 2.97. The zero-order valence-electron chi connectivity index (χ0n) is 13.6. The Morgan fingerprint density at radius 2 is 2.21 bits per heavy atom. The third-order valence-electron chi connectivity index (χ3n) is 3.72. The maximum Gasteiger partial charge on any atom is 0.173 e. The smallest absolute Gasteiger partial charge is 0.173 e. The van der Waals surface area contributed by atoms with Crippen LogP contribution in [0.25, 0.3) is 11.2 Å². The van der Waals surface area contributed by atoms with Crippen LogP contribution in [0.3, 0.4) is 0 Å². The molecule has 0 aliphatic rings. The highest BCUT2D eigenvalue weighted by atomic mass is 32.2. The number of imidazole rings is 1. The van der Waals surface area contributed by atoms with Crippen molar-refractivity contribution in [3.63, 3.8) is 0 Å². The van der Waals surface area contributed by atoms with Crippen molar-refractivity contribution < 1.29 is 0 Å². The minimum absolute atomic E-state index is 0.182. The molecule has 0 bridgehead atoms. The molecule has 0 aliphatic carbocycles. The summed E-state index contributed by atoms with van der Waals surface area (Å²) in [6, 6.07) is 8.45. The van der Waals surface area contributed by atoms with Crippen LogP contribution in [0.5, 0.6) is 0 Å². The van der Waals surface area contributed by atoms with Gasteiger partial charge in [0.2, 0.25) is 0 Å². The number of aromatic nitrogens is 4. The molecule has 3 rings (SSSR count). The molecular formula is C17H18N6S. The van der Waals surface area contributed by atoms with Gasteiger partial charge >= 0.3 is 0 Å². The number of benzene rings is 1. The first kappa shape index (κ1) is 16.3. The van der Waals surface area contributed by atoms with E-state index in [4.69, 9.17) is 10.7 Å². The van der Waals surface area contributed by atoms with Crippen molar-refractivity contribution in [3.05, 3.63) is 41.1 Å². The fraction of sp³-hybridized carbons (Fsp3) is 0.294. The van der Waals surface area contributed by atoms with E-state index in [1.54, 1.807) is 18.1 Å². The summed E-state index contributed by atoms with van der Waals surface area (Å²) in [5, 5.41) is 17.4. The second kappa shape index (κ2) is 6.89. The number of hydrogen-bond donors (Lipinski definition) is 2. The number of fused-ring (bicyclic) bond motifs is 1. The van der Waals surface area contributed by atoms with Crippen molar-refractivity contribution in [2.45, 2.75) is 43.3 Å². The Bertz CT molecular complexity index is 979. The van der Waals surface area contributed by atoms with E-state index >= 15 is 0 Å². The van der Waals surface area contributed by atoms with Gasteiger partial charge in [0, 0.05) is 17.9 Å². The van der Waals surface area contributed by atoms with Crippen LogP contribution in [0, 0.1) is 30.6 Å². The predicted molar refractivity (Wildman–Crippen MR) is 92.6 cm³/mol. The van der Waals surface area contributed by atoms with Crippen LogP contribution in [0.4, 0.5) is 0 Å². The fourth-order valence-electron chi connectivity index (χ4n) is 2.52. The van der Waals surface area contributed by atoms with Crippen molar-refractivity contribution in [1.82, 2.24) is 19.5 Å².